The molecule has 0 radical (unpaired) electrons. The summed E-state index contributed by atoms with van der Waals surface area (Å²) in [7, 11) is 1.61. The van der Waals surface area contributed by atoms with Crippen molar-refractivity contribution < 1.29 is 9.53 Å². The molecule has 9 nitrogen and oxygen atoms in total. The SMILES string of the molecule is COc1ccc2nccc(CCNCC(N)CNCc3ccc4c(n3)NC(=O)CS4)c2n1. The zero-order valence-corrected chi connectivity index (χ0v) is 18.7. The third kappa shape index (κ3) is 5.71. The monoisotopic (exact) mass is 453 g/mol. The van der Waals surface area contributed by atoms with Crippen LogP contribution in [0.25, 0.3) is 11.0 Å². The highest BCUT2D eigenvalue weighted by Crippen LogP contribution is 2.29. The predicted octanol–water partition coefficient (Wildman–Crippen LogP) is 1.33. The lowest BCUT2D eigenvalue weighted by Crippen LogP contribution is -2.42. The Morgan fingerprint density at radius 3 is 2.94 bits per heavy atom. The first kappa shape index (κ1) is 22.4. The van der Waals surface area contributed by atoms with E-state index in [9.17, 15) is 4.79 Å². The van der Waals surface area contributed by atoms with Gasteiger partial charge in [-0.1, -0.05) is 0 Å². The Morgan fingerprint density at radius 1 is 1.19 bits per heavy atom. The van der Waals surface area contributed by atoms with Crippen LogP contribution in [0.3, 0.4) is 0 Å². The highest BCUT2D eigenvalue weighted by Gasteiger charge is 2.16. The summed E-state index contributed by atoms with van der Waals surface area (Å²) in [5, 5.41) is 9.56. The molecule has 4 rings (SSSR count). The first-order chi connectivity index (χ1) is 15.6. The van der Waals surface area contributed by atoms with E-state index in [-0.39, 0.29) is 11.9 Å². The Labute approximate surface area is 190 Å². The second-order valence-electron chi connectivity index (χ2n) is 7.52. The molecule has 0 saturated carbocycles. The number of fused-ring (bicyclic) bond motifs is 2. The zero-order valence-electron chi connectivity index (χ0n) is 17.9. The van der Waals surface area contributed by atoms with Gasteiger partial charge in [-0.2, -0.15) is 0 Å². The molecule has 3 aromatic rings. The standard InChI is InChI=1S/C22H27N7O2S/c1-31-20-5-3-17-21(29-20)14(7-9-26-17)6-8-24-10-15(23)11-25-12-16-2-4-18-22(27-16)28-19(30)13-32-18/h2-5,7,9,15,24-25H,6,8,10-13,23H2,1H3,(H,27,28,30). The van der Waals surface area contributed by atoms with Crippen LogP contribution in [0.1, 0.15) is 11.3 Å². The molecule has 1 unspecified atom stereocenters. The molecule has 4 heterocycles. The van der Waals surface area contributed by atoms with E-state index in [0.29, 0.717) is 37.1 Å². The Kier molecular flexibility index (Phi) is 7.48. The third-order valence-electron chi connectivity index (χ3n) is 5.07. The van der Waals surface area contributed by atoms with Crippen molar-refractivity contribution in [3.63, 3.8) is 0 Å². The Bertz CT molecular complexity index is 1100. The number of anilines is 1. The first-order valence-electron chi connectivity index (χ1n) is 10.5. The number of hydrogen-bond donors (Lipinski definition) is 4. The summed E-state index contributed by atoms with van der Waals surface area (Å²) < 4.78 is 5.23. The second-order valence-corrected chi connectivity index (χ2v) is 8.54. The van der Waals surface area contributed by atoms with E-state index in [4.69, 9.17) is 10.5 Å². The van der Waals surface area contributed by atoms with E-state index in [2.05, 4.69) is 30.9 Å². The summed E-state index contributed by atoms with van der Waals surface area (Å²) in [6, 6.07) is 9.67. The van der Waals surface area contributed by atoms with Crippen LogP contribution in [0.5, 0.6) is 5.88 Å². The van der Waals surface area contributed by atoms with Gasteiger partial charge in [0.2, 0.25) is 11.8 Å². The van der Waals surface area contributed by atoms with Gasteiger partial charge in [-0.3, -0.25) is 9.78 Å². The van der Waals surface area contributed by atoms with Gasteiger partial charge in [0.15, 0.2) is 0 Å². The summed E-state index contributed by atoms with van der Waals surface area (Å²) >= 11 is 1.51. The van der Waals surface area contributed by atoms with Crippen molar-refractivity contribution in [2.24, 2.45) is 5.73 Å². The number of amides is 1. The van der Waals surface area contributed by atoms with Crippen molar-refractivity contribution in [2.45, 2.75) is 23.9 Å². The fraction of sp³-hybridized carbons (Fsp3) is 0.364. The minimum Gasteiger partial charge on any atom is -0.481 e. The molecular weight excluding hydrogens is 426 g/mol. The van der Waals surface area contributed by atoms with Crippen LogP contribution in [0.2, 0.25) is 0 Å². The summed E-state index contributed by atoms with van der Waals surface area (Å²) in [5.74, 6) is 1.66. The van der Waals surface area contributed by atoms with Crippen molar-refractivity contribution in [1.29, 1.82) is 0 Å². The fourth-order valence-electron chi connectivity index (χ4n) is 3.45. The molecular formula is C22H27N7O2S. The van der Waals surface area contributed by atoms with Gasteiger partial charge in [-0.05, 0) is 42.8 Å². The van der Waals surface area contributed by atoms with Crippen LogP contribution in [-0.2, 0) is 17.8 Å². The van der Waals surface area contributed by atoms with E-state index in [1.807, 2.05) is 30.3 Å². The summed E-state index contributed by atoms with van der Waals surface area (Å²) in [6.45, 7) is 2.73. The minimum absolute atomic E-state index is 0.0112. The molecule has 168 valence electrons. The van der Waals surface area contributed by atoms with E-state index in [0.717, 1.165) is 40.2 Å². The summed E-state index contributed by atoms with van der Waals surface area (Å²) in [6.07, 6.45) is 2.63. The van der Waals surface area contributed by atoms with Gasteiger partial charge >= 0.3 is 0 Å². The average molecular weight is 454 g/mol. The number of methoxy groups -OCH3 is 1. The van der Waals surface area contributed by atoms with Crippen molar-refractivity contribution in [3.8, 4) is 5.88 Å². The van der Waals surface area contributed by atoms with Crippen LogP contribution in [0.15, 0.2) is 41.4 Å². The molecule has 5 N–H and O–H groups in total. The fourth-order valence-corrected chi connectivity index (χ4v) is 4.20. The lowest BCUT2D eigenvalue weighted by Gasteiger charge is -2.17. The largest absolute Gasteiger partial charge is 0.481 e. The Balaban J connectivity index is 1.19. The topological polar surface area (TPSA) is 127 Å². The number of aromatic nitrogens is 3. The van der Waals surface area contributed by atoms with E-state index in [1.54, 1.807) is 13.3 Å². The minimum atomic E-state index is -0.0321. The van der Waals surface area contributed by atoms with Crippen molar-refractivity contribution in [2.75, 3.05) is 37.8 Å². The van der Waals surface area contributed by atoms with E-state index in [1.165, 1.54) is 11.8 Å². The number of nitrogens with zero attached hydrogens (tertiary/aromatic N) is 3. The number of carbonyl (C=O) groups excluding carboxylic acids is 1. The zero-order chi connectivity index (χ0) is 22.3. The molecule has 0 aromatic carbocycles. The van der Waals surface area contributed by atoms with Gasteiger partial charge in [0.25, 0.3) is 0 Å². The van der Waals surface area contributed by atoms with E-state index >= 15 is 0 Å². The highest BCUT2D eigenvalue weighted by molar-refractivity contribution is 8.00. The molecule has 0 spiro atoms. The molecule has 0 bridgehead atoms. The highest BCUT2D eigenvalue weighted by atomic mass is 32.2. The number of nitrogens with two attached hydrogens (primary N) is 1. The number of thioether (sulfide) groups is 1. The van der Waals surface area contributed by atoms with Crippen LogP contribution in [-0.4, -0.2) is 59.4 Å². The van der Waals surface area contributed by atoms with Gasteiger partial charge in [-0.25, -0.2) is 9.97 Å². The third-order valence-corrected chi connectivity index (χ3v) is 6.12. The maximum Gasteiger partial charge on any atom is 0.235 e. The molecule has 0 saturated heterocycles. The molecule has 1 aliphatic heterocycles. The van der Waals surface area contributed by atoms with Gasteiger partial charge in [0.1, 0.15) is 5.82 Å². The first-order valence-corrected chi connectivity index (χ1v) is 11.5. The van der Waals surface area contributed by atoms with Crippen LogP contribution in [0, 0.1) is 0 Å². The van der Waals surface area contributed by atoms with E-state index < -0.39 is 0 Å². The lowest BCUT2D eigenvalue weighted by molar-refractivity contribution is -0.113. The number of rotatable bonds is 10. The predicted molar refractivity (Wildman–Crippen MR) is 126 cm³/mol. The second kappa shape index (κ2) is 10.7. The Morgan fingerprint density at radius 2 is 2.06 bits per heavy atom. The molecule has 1 atom stereocenters. The van der Waals surface area contributed by atoms with Gasteiger partial charge in [-0.15, -0.1) is 11.8 Å². The normalized spacial score (nSPS) is 14.1. The molecule has 1 aliphatic rings. The lowest BCUT2D eigenvalue weighted by atomic mass is 10.1. The van der Waals surface area contributed by atoms with Crippen LogP contribution in [0.4, 0.5) is 5.82 Å². The molecule has 10 heteroatoms. The molecule has 0 fully saturated rings. The van der Waals surface area contributed by atoms with Crippen molar-refractivity contribution >= 4 is 34.5 Å². The molecule has 3 aromatic heterocycles. The number of ether oxygens (including phenoxy) is 1. The number of nitrogens with one attached hydrogen (secondary N) is 3. The molecule has 0 aliphatic carbocycles. The van der Waals surface area contributed by atoms with Gasteiger partial charge in [0.05, 0.1) is 34.5 Å². The number of pyridine rings is 3. The maximum absolute atomic E-state index is 11.5. The van der Waals surface area contributed by atoms with Gasteiger partial charge in [0, 0.05) is 37.9 Å². The summed E-state index contributed by atoms with van der Waals surface area (Å²) in [5.41, 5.74) is 9.95. The van der Waals surface area contributed by atoms with Crippen LogP contribution < -0.4 is 26.4 Å². The Hall–Kier alpha value is -2.79. The smallest absolute Gasteiger partial charge is 0.235 e. The summed E-state index contributed by atoms with van der Waals surface area (Å²) in [4.78, 5) is 25.9. The van der Waals surface area contributed by atoms with Crippen molar-refractivity contribution in [3.05, 3.63) is 47.8 Å². The number of hydrogen-bond acceptors (Lipinski definition) is 9. The average Bonchev–Trinajstić information content (AvgIpc) is 2.81. The molecule has 32 heavy (non-hydrogen) atoms. The van der Waals surface area contributed by atoms with Crippen molar-refractivity contribution in [1.82, 2.24) is 25.6 Å². The van der Waals surface area contributed by atoms with Gasteiger partial charge < -0.3 is 26.4 Å². The number of carbonyl (C=O) groups is 1. The molecule has 1 amide bonds. The van der Waals surface area contributed by atoms with Crippen LogP contribution >= 0.6 is 11.8 Å². The quantitative estimate of drug-likeness (QED) is 0.336. The maximum atomic E-state index is 11.5.